The molecular formula is LaO2Se. The van der Waals surface area contributed by atoms with Gasteiger partial charge in [-0.25, -0.2) is 0 Å². The molecule has 0 rings (SSSR count). The first-order valence-electron chi connectivity index (χ1n) is 0.333. The molecule has 0 fully saturated rings. The topological polar surface area (TPSA) is 34.1 Å². The van der Waals surface area contributed by atoms with Crippen LogP contribution in [-0.4, -0.2) is 14.8 Å². The first-order valence-corrected chi connectivity index (χ1v) is 1.73. The Balaban J connectivity index is 0. The van der Waals surface area contributed by atoms with E-state index in [0.29, 0.717) is 0 Å². The molecule has 0 spiro atoms. The van der Waals surface area contributed by atoms with Crippen molar-refractivity contribution >= 4 is 14.8 Å². The Labute approximate surface area is 57.5 Å². The molecule has 0 aromatic heterocycles. The van der Waals surface area contributed by atoms with Crippen LogP contribution in [0.3, 0.4) is 0 Å². The summed E-state index contributed by atoms with van der Waals surface area (Å²) >= 11 is -1.62. The van der Waals surface area contributed by atoms with Crippen LogP contribution in [0.25, 0.3) is 0 Å². The fourth-order valence-electron chi connectivity index (χ4n) is 0. The molecule has 0 saturated heterocycles. The normalized spacial score (nSPS) is 3.00. The van der Waals surface area contributed by atoms with Crippen LogP contribution in [0.5, 0.6) is 0 Å². The fourth-order valence-corrected chi connectivity index (χ4v) is 0. The number of hydrogen-bond donors (Lipinski definition) is 0. The zero-order valence-corrected chi connectivity index (χ0v) is 7.14. The van der Waals surface area contributed by atoms with Crippen LogP contribution in [0.15, 0.2) is 0 Å². The van der Waals surface area contributed by atoms with Gasteiger partial charge in [-0.05, 0) is 0 Å². The maximum atomic E-state index is 8.44. The molecule has 0 aromatic rings. The van der Waals surface area contributed by atoms with E-state index in [1.165, 1.54) is 0 Å². The van der Waals surface area contributed by atoms with Crippen LogP contribution >= 0.6 is 0 Å². The molecule has 0 heterocycles. The van der Waals surface area contributed by atoms with Gasteiger partial charge in [0, 0.05) is 35.6 Å². The molecule has 2 nitrogen and oxygen atoms in total. The van der Waals surface area contributed by atoms with Gasteiger partial charge in [-0.3, -0.25) is 0 Å². The predicted octanol–water partition coefficient (Wildman–Crippen LogP) is -0.618. The van der Waals surface area contributed by atoms with E-state index in [2.05, 4.69) is 0 Å². The van der Waals surface area contributed by atoms with E-state index < -0.39 is 14.8 Å². The third-order valence-corrected chi connectivity index (χ3v) is 0. The number of rotatable bonds is 0. The minimum atomic E-state index is -1.62. The van der Waals surface area contributed by atoms with Gasteiger partial charge in [0.25, 0.3) is 0 Å². The van der Waals surface area contributed by atoms with Crippen molar-refractivity contribution in [1.82, 2.24) is 0 Å². The summed E-state index contributed by atoms with van der Waals surface area (Å²) in [7, 11) is 0. The first-order chi connectivity index (χ1) is 1.41. The summed E-state index contributed by atoms with van der Waals surface area (Å²) in [6.45, 7) is 0. The van der Waals surface area contributed by atoms with Crippen LogP contribution in [0.2, 0.25) is 0 Å². The predicted molar refractivity (Wildman–Crippen MR) is 7.13 cm³/mol. The summed E-state index contributed by atoms with van der Waals surface area (Å²) in [4.78, 5) is 0. The van der Waals surface area contributed by atoms with E-state index in [0.717, 1.165) is 0 Å². The average Bonchev–Trinajstić information content (AvgIpc) is 0.918. The molecule has 21 valence electrons. The molecule has 0 aliphatic rings. The Hall–Kier alpha value is 1.31. The Bertz CT molecular complexity index is 27.0. The zero-order chi connectivity index (χ0) is 2.71. The van der Waals surface area contributed by atoms with Crippen molar-refractivity contribution < 1.29 is 43.3 Å². The number of hydrogen-bond acceptors (Lipinski definition) is 2. The molecule has 0 bridgehead atoms. The monoisotopic (exact) mass is 251 g/mol. The van der Waals surface area contributed by atoms with Gasteiger partial charge in [0.05, 0.1) is 0 Å². The zero-order valence-electron chi connectivity index (χ0n) is 1.80. The van der Waals surface area contributed by atoms with Crippen LogP contribution in [0, 0.1) is 35.6 Å². The van der Waals surface area contributed by atoms with Crippen molar-refractivity contribution in [2.45, 2.75) is 0 Å². The molecule has 4 heavy (non-hydrogen) atoms. The standard InChI is InChI=1S/La.O2Se/c;1-3-2. The molecule has 4 heteroatoms. The van der Waals surface area contributed by atoms with Gasteiger partial charge in [-0.1, -0.05) is 0 Å². The second kappa shape index (κ2) is 8.85. The van der Waals surface area contributed by atoms with E-state index in [-0.39, 0.29) is 35.6 Å². The molecule has 0 atom stereocenters. The summed E-state index contributed by atoms with van der Waals surface area (Å²) in [5, 5.41) is 0. The Kier molecular flexibility index (Phi) is 19.9. The third kappa shape index (κ3) is 10.3. The van der Waals surface area contributed by atoms with Crippen LogP contribution in [0.4, 0.5) is 0 Å². The van der Waals surface area contributed by atoms with E-state index >= 15 is 0 Å². The first kappa shape index (κ1) is 9.00. The van der Waals surface area contributed by atoms with Crippen LogP contribution in [-0.2, 0) is 7.67 Å². The minimum Gasteiger partial charge on any atom is 0 e. The smallest absolute Gasteiger partial charge is 0 e. The summed E-state index contributed by atoms with van der Waals surface area (Å²) < 4.78 is 16.9. The summed E-state index contributed by atoms with van der Waals surface area (Å²) in [5.41, 5.74) is 0. The molecule has 0 amide bonds. The second-order valence-corrected chi connectivity index (χ2v) is 0.354. The average molecular weight is 250 g/mol. The van der Waals surface area contributed by atoms with Crippen LogP contribution in [0.1, 0.15) is 0 Å². The van der Waals surface area contributed by atoms with Crippen LogP contribution < -0.4 is 0 Å². The van der Waals surface area contributed by atoms with Crippen molar-refractivity contribution in [3.8, 4) is 0 Å². The van der Waals surface area contributed by atoms with Gasteiger partial charge in [0.1, 0.15) is 0 Å². The van der Waals surface area contributed by atoms with Gasteiger partial charge >= 0.3 is 22.5 Å². The van der Waals surface area contributed by atoms with E-state index in [4.69, 9.17) is 7.67 Å². The SMILES string of the molecule is O=[Se]=O.[La]. The molecule has 0 aromatic carbocycles. The molecule has 0 aliphatic heterocycles. The molecule has 0 unspecified atom stereocenters. The van der Waals surface area contributed by atoms with Gasteiger partial charge in [-0.15, -0.1) is 0 Å². The summed E-state index contributed by atoms with van der Waals surface area (Å²) in [6, 6.07) is 0. The molecule has 0 aliphatic carbocycles. The van der Waals surface area contributed by atoms with E-state index in [1.807, 2.05) is 0 Å². The summed E-state index contributed by atoms with van der Waals surface area (Å²) in [6.07, 6.45) is 0. The van der Waals surface area contributed by atoms with Crippen molar-refractivity contribution in [1.29, 1.82) is 0 Å². The Morgan fingerprint density at radius 2 is 1.25 bits per heavy atom. The van der Waals surface area contributed by atoms with Gasteiger partial charge < -0.3 is 0 Å². The fraction of sp³-hybridized carbons (Fsp3) is 0. The second-order valence-electron chi connectivity index (χ2n) is 0.0680. The third-order valence-electron chi connectivity index (χ3n) is 0. The Morgan fingerprint density at radius 1 is 1.25 bits per heavy atom. The largest absolute Gasteiger partial charge is 0 e. The van der Waals surface area contributed by atoms with Crippen molar-refractivity contribution in [3.63, 3.8) is 0 Å². The molecule has 1 radical (unpaired) electrons. The minimum absolute atomic E-state index is 0. The molecule has 0 saturated carbocycles. The van der Waals surface area contributed by atoms with Crippen molar-refractivity contribution in [3.05, 3.63) is 0 Å². The van der Waals surface area contributed by atoms with Crippen molar-refractivity contribution in [2.24, 2.45) is 0 Å². The van der Waals surface area contributed by atoms with Crippen molar-refractivity contribution in [2.75, 3.05) is 0 Å². The molecular weight excluding hydrogens is 250 g/mol. The molecule has 0 N–H and O–H groups in total. The maximum absolute atomic E-state index is 8.44. The quantitative estimate of drug-likeness (QED) is 0.537. The van der Waals surface area contributed by atoms with E-state index in [1.54, 1.807) is 0 Å². The van der Waals surface area contributed by atoms with E-state index in [9.17, 15) is 0 Å². The van der Waals surface area contributed by atoms with Gasteiger partial charge in [0.2, 0.25) is 0 Å². The van der Waals surface area contributed by atoms with Gasteiger partial charge in [-0.2, -0.15) is 0 Å². The maximum Gasteiger partial charge on any atom is 0 e. The van der Waals surface area contributed by atoms with Gasteiger partial charge in [0.15, 0.2) is 0 Å². The summed E-state index contributed by atoms with van der Waals surface area (Å²) in [5.74, 6) is 0. The Morgan fingerprint density at radius 3 is 1.25 bits per heavy atom.